The monoisotopic (exact) mass is 238 g/mol. The van der Waals surface area contributed by atoms with Gasteiger partial charge in [0, 0.05) is 33.7 Å². The highest BCUT2D eigenvalue weighted by Crippen LogP contribution is 1.94. The molecule has 0 aliphatic heterocycles. The van der Waals surface area contributed by atoms with Crippen molar-refractivity contribution >= 4 is 16.0 Å². The molecule has 0 aromatic rings. The van der Waals surface area contributed by atoms with Crippen LogP contribution in [0.4, 0.5) is 0 Å². The lowest BCUT2D eigenvalue weighted by molar-refractivity contribution is 0.204. The lowest BCUT2D eigenvalue weighted by Crippen LogP contribution is -2.40. The van der Waals surface area contributed by atoms with Crippen molar-refractivity contribution in [2.24, 2.45) is 5.73 Å². The first-order valence-corrected chi connectivity index (χ1v) is 5.87. The van der Waals surface area contributed by atoms with Crippen molar-refractivity contribution in [3.05, 3.63) is 0 Å². The molecule has 0 spiro atoms. The minimum Gasteiger partial charge on any atom is -0.388 e. The summed E-state index contributed by atoms with van der Waals surface area (Å²) in [6.45, 7) is 0.737. The van der Waals surface area contributed by atoms with Crippen LogP contribution in [0, 0.1) is 5.41 Å². The molecule has 0 aliphatic carbocycles. The molecule has 0 aromatic carbocycles. The Morgan fingerprint density at radius 2 is 2.20 bits per heavy atom. The van der Waals surface area contributed by atoms with Crippen LogP contribution < -0.4 is 10.5 Å². The van der Waals surface area contributed by atoms with Crippen molar-refractivity contribution in [2.75, 3.05) is 33.9 Å². The molecule has 90 valence electrons. The van der Waals surface area contributed by atoms with Gasteiger partial charge in [0.2, 0.25) is 0 Å². The second kappa shape index (κ2) is 6.72. The normalized spacial score (nSPS) is 11.9. The lowest BCUT2D eigenvalue weighted by Gasteiger charge is -2.16. The number of hydrogen-bond donors (Lipinski definition) is 3. The third-order valence-electron chi connectivity index (χ3n) is 1.70. The van der Waals surface area contributed by atoms with Gasteiger partial charge in [-0.15, -0.1) is 0 Å². The molecule has 0 heterocycles. The summed E-state index contributed by atoms with van der Waals surface area (Å²) in [7, 11) is -0.555. The number of rotatable bonds is 8. The largest absolute Gasteiger partial charge is 0.388 e. The molecule has 0 atom stereocenters. The molecule has 0 fully saturated rings. The van der Waals surface area contributed by atoms with Crippen LogP contribution in [-0.2, 0) is 14.9 Å². The third-order valence-corrected chi connectivity index (χ3v) is 3.27. The Hall–Kier alpha value is -0.700. The fraction of sp³-hybridized carbons (Fsp3) is 0.857. The minimum atomic E-state index is -3.48. The van der Waals surface area contributed by atoms with E-state index in [2.05, 4.69) is 4.72 Å². The van der Waals surface area contributed by atoms with E-state index >= 15 is 0 Å². The molecule has 0 aliphatic rings. The van der Waals surface area contributed by atoms with E-state index in [1.165, 1.54) is 14.2 Å². The van der Waals surface area contributed by atoms with Crippen LogP contribution in [0.1, 0.15) is 6.42 Å². The van der Waals surface area contributed by atoms with E-state index in [1.807, 2.05) is 0 Å². The van der Waals surface area contributed by atoms with Crippen molar-refractivity contribution < 1.29 is 13.2 Å². The third kappa shape index (κ3) is 6.39. The van der Waals surface area contributed by atoms with Crippen LogP contribution >= 0.6 is 0 Å². The molecule has 0 amide bonds. The maximum atomic E-state index is 11.5. The number of ether oxygens (including phenoxy) is 1. The second-order valence-electron chi connectivity index (χ2n) is 2.99. The van der Waals surface area contributed by atoms with Gasteiger partial charge in [-0.3, -0.25) is 5.41 Å². The zero-order valence-corrected chi connectivity index (χ0v) is 9.80. The van der Waals surface area contributed by atoms with Crippen molar-refractivity contribution in [3.8, 4) is 0 Å². The summed E-state index contributed by atoms with van der Waals surface area (Å²) >= 11 is 0. The summed E-state index contributed by atoms with van der Waals surface area (Å²) in [6.07, 6.45) is 0.224. The maximum Gasteiger partial charge on any atom is 0.279 e. The van der Waals surface area contributed by atoms with Gasteiger partial charge in [0.1, 0.15) is 0 Å². The molecule has 7 nitrogen and oxygen atoms in total. The van der Waals surface area contributed by atoms with Crippen LogP contribution in [-0.4, -0.2) is 52.4 Å². The van der Waals surface area contributed by atoms with Crippen LogP contribution in [0.25, 0.3) is 0 Å². The van der Waals surface area contributed by atoms with E-state index in [1.54, 1.807) is 0 Å². The molecule has 15 heavy (non-hydrogen) atoms. The quantitative estimate of drug-likeness (QED) is 0.278. The Labute approximate surface area is 90.3 Å². The molecule has 8 heteroatoms. The van der Waals surface area contributed by atoms with Gasteiger partial charge in [-0.2, -0.15) is 17.4 Å². The molecule has 0 radical (unpaired) electrons. The highest BCUT2D eigenvalue weighted by molar-refractivity contribution is 7.87. The lowest BCUT2D eigenvalue weighted by atomic mass is 10.4. The fourth-order valence-corrected chi connectivity index (χ4v) is 1.67. The zero-order chi connectivity index (χ0) is 11.9. The number of methoxy groups -OCH3 is 1. The Morgan fingerprint density at radius 3 is 2.67 bits per heavy atom. The zero-order valence-electron chi connectivity index (χ0n) is 8.99. The second-order valence-corrected chi connectivity index (χ2v) is 4.85. The van der Waals surface area contributed by atoms with Gasteiger partial charge in [-0.1, -0.05) is 0 Å². The summed E-state index contributed by atoms with van der Waals surface area (Å²) in [5, 5.41) is 6.98. The SMILES string of the molecule is COCCNS(=O)(=O)N(C)CCC(=N)N. The Bertz CT molecular complexity index is 291. The summed E-state index contributed by atoms with van der Waals surface area (Å²) in [6, 6.07) is 0. The Balaban J connectivity index is 4.03. The van der Waals surface area contributed by atoms with Crippen LogP contribution in [0.3, 0.4) is 0 Å². The van der Waals surface area contributed by atoms with Gasteiger partial charge in [0.05, 0.1) is 12.4 Å². The first-order valence-electron chi connectivity index (χ1n) is 4.43. The molecule has 0 unspecified atom stereocenters. The van der Waals surface area contributed by atoms with Gasteiger partial charge in [0.25, 0.3) is 10.2 Å². The molecular formula is C7H18N4O3S. The fourth-order valence-electron chi connectivity index (χ4n) is 0.781. The summed E-state index contributed by atoms with van der Waals surface area (Å²) in [5.41, 5.74) is 5.13. The molecule has 0 saturated carbocycles. The van der Waals surface area contributed by atoms with Gasteiger partial charge >= 0.3 is 0 Å². The van der Waals surface area contributed by atoms with Crippen molar-refractivity contribution in [2.45, 2.75) is 6.42 Å². The van der Waals surface area contributed by atoms with Crippen molar-refractivity contribution in [1.29, 1.82) is 5.41 Å². The summed E-state index contributed by atoms with van der Waals surface area (Å²) in [4.78, 5) is 0. The molecular weight excluding hydrogens is 220 g/mol. The molecule has 0 bridgehead atoms. The molecule has 4 N–H and O–H groups in total. The highest BCUT2D eigenvalue weighted by Gasteiger charge is 2.16. The number of amidine groups is 1. The average Bonchev–Trinajstić information content (AvgIpc) is 2.14. The van der Waals surface area contributed by atoms with Gasteiger partial charge < -0.3 is 10.5 Å². The predicted molar refractivity (Wildman–Crippen MR) is 58.0 cm³/mol. The number of nitrogens with one attached hydrogen (secondary N) is 2. The van der Waals surface area contributed by atoms with E-state index in [0.717, 1.165) is 4.31 Å². The smallest absolute Gasteiger partial charge is 0.279 e. The van der Waals surface area contributed by atoms with Gasteiger partial charge in [0.15, 0.2) is 0 Å². The summed E-state index contributed by atoms with van der Waals surface area (Å²) in [5.74, 6) is -0.0334. The highest BCUT2D eigenvalue weighted by atomic mass is 32.2. The molecule has 0 saturated heterocycles. The standard InChI is InChI=1S/C7H18N4O3S/c1-11(5-3-7(8)9)15(12,13)10-4-6-14-2/h10H,3-6H2,1-2H3,(H3,8,9). The maximum absolute atomic E-state index is 11.5. The van der Waals surface area contributed by atoms with Crippen molar-refractivity contribution in [3.63, 3.8) is 0 Å². The molecule has 0 rings (SSSR count). The number of hydrogen-bond acceptors (Lipinski definition) is 4. The topological polar surface area (TPSA) is 109 Å². The molecule has 0 aromatic heterocycles. The van der Waals surface area contributed by atoms with E-state index in [-0.39, 0.29) is 25.3 Å². The van der Waals surface area contributed by atoms with Crippen LogP contribution in [0.2, 0.25) is 0 Å². The Morgan fingerprint density at radius 1 is 1.60 bits per heavy atom. The van der Waals surface area contributed by atoms with E-state index in [4.69, 9.17) is 15.9 Å². The average molecular weight is 238 g/mol. The van der Waals surface area contributed by atoms with Gasteiger partial charge in [-0.25, -0.2) is 0 Å². The van der Waals surface area contributed by atoms with E-state index < -0.39 is 10.2 Å². The minimum absolute atomic E-state index is 0.0334. The first kappa shape index (κ1) is 14.3. The number of nitrogens with zero attached hydrogens (tertiary/aromatic N) is 1. The van der Waals surface area contributed by atoms with E-state index in [0.29, 0.717) is 6.61 Å². The first-order chi connectivity index (χ1) is 6.90. The van der Waals surface area contributed by atoms with Crippen molar-refractivity contribution in [1.82, 2.24) is 9.03 Å². The van der Waals surface area contributed by atoms with E-state index in [9.17, 15) is 8.42 Å². The van der Waals surface area contributed by atoms with Gasteiger partial charge in [-0.05, 0) is 0 Å². The predicted octanol–water partition coefficient (Wildman–Crippen LogP) is -1.27. The summed E-state index contributed by atoms with van der Waals surface area (Å²) < 4.78 is 31.1. The Kier molecular flexibility index (Phi) is 6.41. The van der Waals surface area contributed by atoms with Crippen LogP contribution in [0.5, 0.6) is 0 Å². The number of nitrogens with two attached hydrogens (primary N) is 1. The van der Waals surface area contributed by atoms with Crippen LogP contribution in [0.15, 0.2) is 0 Å².